The zero-order chi connectivity index (χ0) is 12.1. The van der Waals surface area contributed by atoms with Gasteiger partial charge in [-0.05, 0) is 27.2 Å². The molecule has 0 aliphatic rings. The molecule has 0 radical (unpaired) electrons. The van der Waals surface area contributed by atoms with Crippen LogP contribution >= 0.6 is 0 Å². The maximum absolute atomic E-state index is 4.44. The number of hydrogen-bond donors (Lipinski definition) is 1. The maximum Gasteiger partial charge on any atom is 0.134 e. The molecular weight excluding hydrogens is 200 g/mol. The van der Waals surface area contributed by atoms with Crippen molar-refractivity contribution < 1.29 is 0 Å². The van der Waals surface area contributed by atoms with Crippen LogP contribution in [-0.2, 0) is 0 Å². The van der Waals surface area contributed by atoms with Gasteiger partial charge in [0.25, 0.3) is 0 Å². The minimum Gasteiger partial charge on any atom is -0.370 e. The van der Waals surface area contributed by atoms with E-state index in [1.165, 1.54) is 0 Å². The average molecular weight is 222 g/mol. The van der Waals surface area contributed by atoms with Crippen LogP contribution in [0.3, 0.4) is 0 Å². The van der Waals surface area contributed by atoms with Crippen LogP contribution in [-0.4, -0.2) is 29.6 Å². The molecule has 4 nitrogen and oxygen atoms in total. The van der Waals surface area contributed by atoms with Crippen molar-refractivity contribution in [3.05, 3.63) is 11.9 Å². The summed E-state index contributed by atoms with van der Waals surface area (Å²) < 4.78 is 0. The lowest BCUT2D eigenvalue weighted by Gasteiger charge is -2.23. The third-order valence-corrected chi connectivity index (χ3v) is 2.52. The summed E-state index contributed by atoms with van der Waals surface area (Å²) in [6.07, 6.45) is 1.10. The van der Waals surface area contributed by atoms with E-state index >= 15 is 0 Å². The number of nitrogens with one attached hydrogen (secondary N) is 1. The summed E-state index contributed by atoms with van der Waals surface area (Å²) in [5.41, 5.74) is 0. The van der Waals surface area contributed by atoms with Crippen LogP contribution in [0, 0.1) is 6.92 Å². The molecule has 1 aromatic heterocycles. The van der Waals surface area contributed by atoms with Crippen molar-refractivity contribution in [3.63, 3.8) is 0 Å². The van der Waals surface area contributed by atoms with Crippen molar-refractivity contribution in [2.24, 2.45) is 0 Å². The number of hydrogen-bond acceptors (Lipinski definition) is 4. The molecule has 0 saturated heterocycles. The van der Waals surface area contributed by atoms with Gasteiger partial charge >= 0.3 is 0 Å². The van der Waals surface area contributed by atoms with Gasteiger partial charge in [-0.15, -0.1) is 0 Å². The zero-order valence-corrected chi connectivity index (χ0v) is 10.9. The molecule has 90 valence electrons. The summed E-state index contributed by atoms with van der Waals surface area (Å²) in [4.78, 5) is 10.9. The summed E-state index contributed by atoms with van der Waals surface area (Å²) in [6, 6.07) is 2.44. The fourth-order valence-electron chi connectivity index (χ4n) is 1.34. The van der Waals surface area contributed by atoms with Gasteiger partial charge < -0.3 is 10.2 Å². The molecule has 0 amide bonds. The fourth-order valence-corrected chi connectivity index (χ4v) is 1.34. The Morgan fingerprint density at radius 3 is 2.62 bits per heavy atom. The fraction of sp³-hybridized carbons (Fsp3) is 0.667. The Hall–Kier alpha value is -1.32. The molecule has 0 fully saturated rings. The molecule has 0 aliphatic heterocycles. The van der Waals surface area contributed by atoms with Crippen molar-refractivity contribution >= 4 is 11.6 Å². The van der Waals surface area contributed by atoms with Gasteiger partial charge in [0.15, 0.2) is 0 Å². The van der Waals surface area contributed by atoms with E-state index in [2.05, 4.69) is 48.0 Å². The van der Waals surface area contributed by atoms with Crippen LogP contribution in [0.4, 0.5) is 11.6 Å². The first-order valence-corrected chi connectivity index (χ1v) is 5.87. The minimum absolute atomic E-state index is 0.438. The van der Waals surface area contributed by atoms with E-state index in [0.717, 1.165) is 30.4 Å². The predicted molar refractivity (Wildman–Crippen MR) is 69.1 cm³/mol. The van der Waals surface area contributed by atoms with E-state index in [9.17, 15) is 0 Å². The molecule has 4 heteroatoms. The summed E-state index contributed by atoms with van der Waals surface area (Å²) in [7, 11) is 2.05. The molecule has 0 atom stereocenters. The Morgan fingerprint density at radius 2 is 2.06 bits per heavy atom. The molecule has 16 heavy (non-hydrogen) atoms. The minimum atomic E-state index is 0.438. The first kappa shape index (κ1) is 12.7. The smallest absolute Gasteiger partial charge is 0.134 e. The SMILES string of the molecule is CCCNc1cc(N(C)C(C)C)nc(C)n1. The highest BCUT2D eigenvalue weighted by atomic mass is 15.2. The Balaban J connectivity index is 2.89. The lowest BCUT2D eigenvalue weighted by atomic mass is 10.3. The molecular formula is C12H22N4. The quantitative estimate of drug-likeness (QED) is 0.831. The second-order valence-corrected chi connectivity index (χ2v) is 4.29. The van der Waals surface area contributed by atoms with Crippen molar-refractivity contribution in [2.75, 3.05) is 23.8 Å². The topological polar surface area (TPSA) is 41.0 Å². The van der Waals surface area contributed by atoms with E-state index < -0.39 is 0 Å². The molecule has 0 aromatic carbocycles. The van der Waals surface area contributed by atoms with Crippen molar-refractivity contribution in [2.45, 2.75) is 40.2 Å². The number of anilines is 2. The summed E-state index contributed by atoms with van der Waals surface area (Å²) in [5.74, 6) is 2.70. The van der Waals surface area contributed by atoms with Crippen LogP contribution in [0.5, 0.6) is 0 Å². The highest BCUT2D eigenvalue weighted by Gasteiger charge is 2.08. The molecule has 0 aliphatic carbocycles. The molecule has 1 aromatic rings. The number of rotatable bonds is 5. The monoisotopic (exact) mass is 222 g/mol. The van der Waals surface area contributed by atoms with Gasteiger partial charge in [0.05, 0.1) is 0 Å². The molecule has 0 saturated carbocycles. The van der Waals surface area contributed by atoms with Crippen molar-refractivity contribution in [3.8, 4) is 0 Å². The van der Waals surface area contributed by atoms with Crippen molar-refractivity contribution in [1.82, 2.24) is 9.97 Å². The van der Waals surface area contributed by atoms with Crippen LogP contribution in [0.1, 0.15) is 33.0 Å². The third-order valence-electron chi connectivity index (χ3n) is 2.52. The molecule has 0 unspecified atom stereocenters. The molecule has 0 spiro atoms. The highest BCUT2D eigenvalue weighted by Crippen LogP contribution is 2.16. The lowest BCUT2D eigenvalue weighted by molar-refractivity contribution is 0.739. The Labute approximate surface area is 98.1 Å². The van der Waals surface area contributed by atoms with Crippen LogP contribution in [0.15, 0.2) is 6.07 Å². The average Bonchev–Trinajstić information content (AvgIpc) is 2.24. The van der Waals surface area contributed by atoms with E-state index in [1.54, 1.807) is 0 Å². The molecule has 0 bridgehead atoms. The predicted octanol–water partition coefficient (Wildman–Crippen LogP) is 2.45. The first-order valence-electron chi connectivity index (χ1n) is 5.87. The Morgan fingerprint density at radius 1 is 1.38 bits per heavy atom. The van der Waals surface area contributed by atoms with Crippen LogP contribution < -0.4 is 10.2 Å². The lowest BCUT2D eigenvalue weighted by Crippen LogP contribution is -2.27. The second kappa shape index (κ2) is 5.68. The Kier molecular flexibility index (Phi) is 4.52. The van der Waals surface area contributed by atoms with E-state index in [0.29, 0.717) is 6.04 Å². The summed E-state index contributed by atoms with van der Waals surface area (Å²) in [5, 5.41) is 3.29. The summed E-state index contributed by atoms with van der Waals surface area (Å²) >= 11 is 0. The largest absolute Gasteiger partial charge is 0.370 e. The number of aromatic nitrogens is 2. The van der Waals surface area contributed by atoms with Crippen LogP contribution in [0.2, 0.25) is 0 Å². The van der Waals surface area contributed by atoms with E-state index in [4.69, 9.17) is 0 Å². The van der Waals surface area contributed by atoms with Gasteiger partial charge in [-0.2, -0.15) is 0 Å². The van der Waals surface area contributed by atoms with Crippen molar-refractivity contribution in [1.29, 1.82) is 0 Å². The zero-order valence-electron chi connectivity index (χ0n) is 10.9. The second-order valence-electron chi connectivity index (χ2n) is 4.29. The van der Waals surface area contributed by atoms with E-state index in [-0.39, 0.29) is 0 Å². The summed E-state index contributed by atoms with van der Waals surface area (Å²) in [6.45, 7) is 9.31. The maximum atomic E-state index is 4.44. The van der Waals surface area contributed by atoms with Gasteiger partial charge in [-0.1, -0.05) is 6.92 Å². The molecule has 1 rings (SSSR count). The standard InChI is InChI=1S/C12H22N4/c1-6-7-13-11-8-12(15-10(4)14-11)16(5)9(2)3/h8-9H,6-7H2,1-5H3,(H,13,14,15). The van der Waals surface area contributed by atoms with Crippen LogP contribution in [0.25, 0.3) is 0 Å². The number of nitrogens with zero attached hydrogens (tertiary/aromatic N) is 3. The number of aryl methyl sites for hydroxylation is 1. The van der Waals surface area contributed by atoms with Gasteiger partial charge in [0, 0.05) is 25.7 Å². The highest BCUT2D eigenvalue weighted by molar-refractivity contribution is 5.49. The Bertz CT molecular complexity index is 336. The first-order chi connectivity index (χ1) is 7.54. The van der Waals surface area contributed by atoms with Gasteiger partial charge in [-0.25, -0.2) is 9.97 Å². The molecule has 1 N–H and O–H groups in total. The normalized spacial score (nSPS) is 10.6. The molecule has 1 heterocycles. The van der Waals surface area contributed by atoms with Gasteiger partial charge in [0.2, 0.25) is 0 Å². The third kappa shape index (κ3) is 3.36. The van der Waals surface area contributed by atoms with E-state index in [1.807, 2.05) is 13.0 Å². The van der Waals surface area contributed by atoms with Gasteiger partial charge in [-0.3, -0.25) is 0 Å². The van der Waals surface area contributed by atoms with Gasteiger partial charge in [0.1, 0.15) is 17.5 Å².